The highest BCUT2D eigenvalue weighted by Crippen LogP contribution is 2.14. The van der Waals surface area contributed by atoms with E-state index >= 15 is 0 Å². The molecule has 0 saturated carbocycles. The molecule has 1 aliphatic rings. The van der Waals surface area contributed by atoms with Gasteiger partial charge in [-0.3, -0.25) is 9.69 Å². The van der Waals surface area contributed by atoms with Gasteiger partial charge in [-0.1, -0.05) is 24.8 Å². The van der Waals surface area contributed by atoms with Crippen molar-refractivity contribution in [1.29, 1.82) is 0 Å². The first-order chi connectivity index (χ1) is 10.2. The Bertz CT molecular complexity index is 559. The van der Waals surface area contributed by atoms with E-state index < -0.39 is 0 Å². The number of likely N-dealkylation sites (N-methyl/N-ethyl adjacent to an activating group) is 1. The minimum atomic E-state index is -0.172. The van der Waals surface area contributed by atoms with E-state index in [1.165, 1.54) is 0 Å². The number of benzene rings is 1. The summed E-state index contributed by atoms with van der Waals surface area (Å²) in [6.45, 7) is 4.43. The zero-order chi connectivity index (χ0) is 15.2. The average Bonchev–Trinajstić information content (AvgIpc) is 2.53. The minimum Gasteiger partial charge on any atom is -0.384 e. The predicted molar refractivity (Wildman–Crippen MR) is 83.0 cm³/mol. The van der Waals surface area contributed by atoms with Crippen LogP contribution in [0.15, 0.2) is 24.3 Å². The number of carbonyl (C=O) groups excluding carboxylic acids is 1. The van der Waals surface area contributed by atoms with Gasteiger partial charge in [-0.25, -0.2) is 0 Å². The minimum absolute atomic E-state index is 0.0641. The summed E-state index contributed by atoms with van der Waals surface area (Å²) in [7, 11) is 2.11. The number of nitrogens with zero attached hydrogens (tertiary/aromatic N) is 2. The van der Waals surface area contributed by atoms with E-state index in [4.69, 9.17) is 5.11 Å². The van der Waals surface area contributed by atoms with Crippen molar-refractivity contribution in [3.8, 4) is 11.8 Å². The van der Waals surface area contributed by atoms with E-state index in [-0.39, 0.29) is 12.5 Å². The summed E-state index contributed by atoms with van der Waals surface area (Å²) in [4.78, 5) is 16.8. The molecule has 2 rings (SSSR count). The number of piperazine rings is 1. The van der Waals surface area contributed by atoms with Crippen molar-refractivity contribution in [2.45, 2.75) is 19.4 Å². The Morgan fingerprint density at radius 1 is 1.43 bits per heavy atom. The first kappa shape index (κ1) is 15.6. The first-order valence-electron chi connectivity index (χ1n) is 7.35. The van der Waals surface area contributed by atoms with Crippen LogP contribution < -0.4 is 0 Å². The lowest BCUT2D eigenvalue weighted by atomic mass is 10.1. The third kappa shape index (κ3) is 3.84. The van der Waals surface area contributed by atoms with Gasteiger partial charge in [0.1, 0.15) is 6.61 Å². The number of aliphatic hydroxyl groups excluding tert-OH is 1. The molecule has 21 heavy (non-hydrogen) atoms. The highest BCUT2D eigenvalue weighted by molar-refractivity contribution is 5.94. The van der Waals surface area contributed by atoms with Gasteiger partial charge in [0.15, 0.2) is 0 Å². The third-order valence-electron chi connectivity index (χ3n) is 3.96. The van der Waals surface area contributed by atoms with E-state index in [0.717, 1.165) is 31.6 Å². The molecule has 4 heteroatoms. The molecule has 1 atom stereocenters. The summed E-state index contributed by atoms with van der Waals surface area (Å²) in [5, 5.41) is 8.74. The third-order valence-corrected chi connectivity index (χ3v) is 3.96. The summed E-state index contributed by atoms with van der Waals surface area (Å²) in [6, 6.07) is 7.73. The topological polar surface area (TPSA) is 43.8 Å². The summed E-state index contributed by atoms with van der Waals surface area (Å²) in [5.41, 5.74) is 1.43. The van der Waals surface area contributed by atoms with Gasteiger partial charge >= 0.3 is 0 Å². The molecule has 1 heterocycles. The number of hydrogen-bond acceptors (Lipinski definition) is 3. The number of aliphatic hydroxyl groups is 1. The normalized spacial score (nSPS) is 19.0. The molecule has 0 bridgehead atoms. The molecule has 1 N–H and O–H groups in total. The molecule has 1 aliphatic heterocycles. The van der Waals surface area contributed by atoms with E-state index in [2.05, 4.69) is 30.7 Å². The summed E-state index contributed by atoms with van der Waals surface area (Å²) in [6.07, 6.45) is 1.04. The zero-order valence-electron chi connectivity index (χ0n) is 12.7. The molecule has 1 aromatic carbocycles. The Kier molecular flexibility index (Phi) is 5.38. The van der Waals surface area contributed by atoms with Crippen molar-refractivity contribution in [2.24, 2.45) is 0 Å². The van der Waals surface area contributed by atoms with Crippen molar-refractivity contribution in [3.05, 3.63) is 35.4 Å². The second-order valence-corrected chi connectivity index (χ2v) is 5.33. The van der Waals surface area contributed by atoms with Crippen LogP contribution >= 0.6 is 0 Å². The van der Waals surface area contributed by atoms with Crippen LogP contribution in [0.1, 0.15) is 29.3 Å². The van der Waals surface area contributed by atoms with Crippen LogP contribution in [0.5, 0.6) is 0 Å². The van der Waals surface area contributed by atoms with Crippen molar-refractivity contribution in [3.63, 3.8) is 0 Å². The SMILES string of the molecule is CCC1CN(C(=O)c2cccc(C#CCO)c2)CCN1C. The Hall–Kier alpha value is -1.83. The number of carbonyl (C=O) groups is 1. The van der Waals surface area contributed by atoms with Crippen molar-refractivity contribution in [1.82, 2.24) is 9.80 Å². The zero-order valence-corrected chi connectivity index (χ0v) is 12.7. The maximum absolute atomic E-state index is 12.6. The lowest BCUT2D eigenvalue weighted by Crippen LogP contribution is -2.52. The number of amides is 1. The van der Waals surface area contributed by atoms with Gasteiger partial charge in [-0.2, -0.15) is 0 Å². The molecule has 4 nitrogen and oxygen atoms in total. The Balaban J connectivity index is 2.13. The van der Waals surface area contributed by atoms with E-state index in [0.29, 0.717) is 11.6 Å². The van der Waals surface area contributed by atoms with Crippen LogP contribution in [0.2, 0.25) is 0 Å². The Morgan fingerprint density at radius 3 is 2.95 bits per heavy atom. The van der Waals surface area contributed by atoms with Crippen LogP contribution in [0, 0.1) is 11.8 Å². The van der Waals surface area contributed by atoms with E-state index in [1.807, 2.05) is 23.1 Å². The van der Waals surface area contributed by atoms with Gasteiger partial charge < -0.3 is 10.0 Å². The molecule has 0 radical (unpaired) electrons. The van der Waals surface area contributed by atoms with Gasteiger partial charge in [0, 0.05) is 36.8 Å². The fraction of sp³-hybridized carbons (Fsp3) is 0.471. The largest absolute Gasteiger partial charge is 0.384 e. The second kappa shape index (κ2) is 7.26. The fourth-order valence-electron chi connectivity index (χ4n) is 2.63. The maximum Gasteiger partial charge on any atom is 0.253 e. The average molecular weight is 286 g/mol. The summed E-state index contributed by atoms with van der Waals surface area (Å²) in [5.74, 6) is 5.51. The smallest absolute Gasteiger partial charge is 0.253 e. The van der Waals surface area contributed by atoms with Crippen LogP contribution in [0.4, 0.5) is 0 Å². The molecule has 1 unspecified atom stereocenters. The van der Waals surface area contributed by atoms with Crippen molar-refractivity contribution < 1.29 is 9.90 Å². The highest BCUT2D eigenvalue weighted by Gasteiger charge is 2.26. The molecule has 1 aromatic rings. The van der Waals surface area contributed by atoms with Gasteiger partial charge in [0.05, 0.1) is 0 Å². The van der Waals surface area contributed by atoms with E-state index in [9.17, 15) is 4.79 Å². The van der Waals surface area contributed by atoms with E-state index in [1.54, 1.807) is 6.07 Å². The molecule has 1 amide bonds. The molecule has 1 saturated heterocycles. The molecule has 112 valence electrons. The monoisotopic (exact) mass is 286 g/mol. The number of hydrogen-bond donors (Lipinski definition) is 1. The standard InChI is InChI=1S/C17H22N2O2/c1-3-16-13-19(10-9-18(16)2)17(21)15-8-4-6-14(12-15)7-5-11-20/h4,6,8,12,16,20H,3,9-11,13H2,1-2H3. The van der Waals surface area contributed by atoms with Crippen LogP contribution in [0.3, 0.4) is 0 Å². The first-order valence-corrected chi connectivity index (χ1v) is 7.35. The quantitative estimate of drug-likeness (QED) is 0.831. The molecule has 0 spiro atoms. The highest BCUT2D eigenvalue weighted by atomic mass is 16.2. The Morgan fingerprint density at radius 2 is 2.24 bits per heavy atom. The van der Waals surface area contributed by atoms with Crippen molar-refractivity contribution in [2.75, 3.05) is 33.3 Å². The van der Waals surface area contributed by atoms with Crippen LogP contribution in [0.25, 0.3) is 0 Å². The molecule has 1 fully saturated rings. The predicted octanol–water partition coefficient (Wildman–Crippen LogP) is 1.20. The van der Waals surface area contributed by atoms with Gasteiger partial charge in [-0.15, -0.1) is 0 Å². The van der Waals surface area contributed by atoms with Gasteiger partial charge in [-0.05, 0) is 31.7 Å². The summed E-state index contributed by atoms with van der Waals surface area (Å²) >= 11 is 0. The lowest BCUT2D eigenvalue weighted by molar-refractivity contribution is 0.0542. The van der Waals surface area contributed by atoms with Gasteiger partial charge in [0.2, 0.25) is 0 Å². The second-order valence-electron chi connectivity index (χ2n) is 5.33. The molecule has 0 aliphatic carbocycles. The van der Waals surface area contributed by atoms with Crippen LogP contribution in [-0.4, -0.2) is 60.1 Å². The van der Waals surface area contributed by atoms with Gasteiger partial charge in [0.25, 0.3) is 5.91 Å². The summed E-state index contributed by atoms with van der Waals surface area (Å²) < 4.78 is 0. The van der Waals surface area contributed by atoms with Crippen molar-refractivity contribution >= 4 is 5.91 Å². The fourth-order valence-corrected chi connectivity index (χ4v) is 2.63. The maximum atomic E-state index is 12.6. The number of rotatable bonds is 2. The molecule has 0 aromatic heterocycles. The molecular formula is C17H22N2O2. The lowest BCUT2D eigenvalue weighted by Gasteiger charge is -2.39. The Labute approximate surface area is 126 Å². The molecular weight excluding hydrogens is 264 g/mol. The van der Waals surface area contributed by atoms with Crippen LogP contribution in [-0.2, 0) is 0 Å².